The Kier molecular flexibility index (Phi) is 2.64. The van der Waals surface area contributed by atoms with Gasteiger partial charge in [0, 0.05) is 11.0 Å². The Balaban J connectivity index is 3.41. The second-order valence-electron chi connectivity index (χ2n) is 2.28. The molecule has 0 saturated carbocycles. The van der Waals surface area contributed by atoms with Gasteiger partial charge in [-0.25, -0.2) is 13.6 Å². The second kappa shape index (κ2) is 3.71. The van der Waals surface area contributed by atoms with Crippen molar-refractivity contribution in [3.63, 3.8) is 0 Å². The van der Waals surface area contributed by atoms with Gasteiger partial charge in [-0.3, -0.25) is 0 Å². The molecular formula is C7H3F2N3O2. The molecule has 0 aliphatic rings. The number of carboxylic acids is 1. The average Bonchev–Trinajstić information content (AvgIpc) is 2.09. The van der Waals surface area contributed by atoms with Gasteiger partial charge in [0.15, 0.2) is 0 Å². The number of nitrogens with zero attached hydrogens (tertiary/aromatic N) is 3. The minimum Gasteiger partial charge on any atom is -0.478 e. The zero-order chi connectivity index (χ0) is 10.7. The molecule has 1 rings (SSSR count). The first kappa shape index (κ1) is 9.94. The molecule has 0 aromatic heterocycles. The van der Waals surface area contributed by atoms with Crippen LogP contribution >= 0.6 is 0 Å². The Morgan fingerprint density at radius 3 is 2.57 bits per heavy atom. The van der Waals surface area contributed by atoms with Crippen LogP contribution in [0.25, 0.3) is 10.4 Å². The van der Waals surface area contributed by atoms with Crippen LogP contribution in [0.1, 0.15) is 10.4 Å². The summed E-state index contributed by atoms with van der Waals surface area (Å²) in [5.41, 5.74) is 6.70. The van der Waals surface area contributed by atoms with Gasteiger partial charge in [0.2, 0.25) is 0 Å². The highest BCUT2D eigenvalue weighted by Crippen LogP contribution is 2.22. The zero-order valence-corrected chi connectivity index (χ0v) is 6.61. The van der Waals surface area contributed by atoms with Crippen LogP contribution in [0, 0.1) is 11.6 Å². The first-order valence-corrected chi connectivity index (χ1v) is 3.33. The van der Waals surface area contributed by atoms with Crippen molar-refractivity contribution in [3.05, 3.63) is 39.8 Å². The van der Waals surface area contributed by atoms with Crippen LogP contribution in [0.15, 0.2) is 17.2 Å². The Hall–Kier alpha value is -2.14. The molecule has 0 bridgehead atoms. The molecule has 0 saturated heterocycles. The summed E-state index contributed by atoms with van der Waals surface area (Å²) in [6.07, 6.45) is 0. The summed E-state index contributed by atoms with van der Waals surface area (Å²) >= 11 is 0. The van der Waals surface area contributed by atoms with Crippen molar-refractivity contribution < 1.29 is 18.7 Å². The molecule has 0 spiro atoms. The normalized spacial score (nSPS) is 9.29. The fourth-order valence-corrected chi connectivity index (χ4v) is 0.826. The van der Waals surface area contributed by atoms with E-state index in [2.05, 4.69) is 10.0 Å². The summed E-state index contributed by atoms with van der Waals surface area (Å²) in [5.74, 6) is -3.88. The van der Waals surface area contributed by atoms with Gasteiger partial charge in [0.05, 0.1) is 11.3 Å². The number of hydrogen-bond acceptors (Lipinski definition) is 2. The monoisotopic (exact) mass is 199 g/mol. The molecule has 14 heavy (non-hydrogen) atoms. The van der Waals surface area contributed by atoms with Gasteiger partial charge in [0.25, 0.3) is 0 Å². The predicted molar refractivity (Wildman–Crippen MR) is 42.1 cm³/mol. The molecule has 0 atom stereocenters. The molecule has 0 amide bonds. The number of carbonyl (C=O) groups is 1. The molecular weight excluding hydrogens is 196 g/mol. The largest absolute Gasteiger partial charge is 0.478 e. The maximum atomic E-state index is 12.8. The second-order valence-corrected chi connectivity index (χ2v) is 2.28. The van der Waals surface area contributed by atoms with Gasteiger partial charge in [-0.05, 0) is 11.6 Å². The summed E-state index contributed by atoms with van der Waals surface area (Å²) in [6.45, 7) is 0. The van der Waals surface area contributed by atoms with Crippen LogP contribution in [0.3, 0.4) is 0 Å². The fraction of sp³-hybridized carbons (Fsp3) is 0. The number of halogens is 2. The molecule has 5 nitrogen and oxygen atoms in total. The van der Waals surface area contributed by atoms with Gasteiger partial charge in [0.1, 0.15) is 11.6 Å². The van der Waals surface area contributed by atoms with Crippen molar-refractivity contribution in [3.8, 4) is 0 Å². The Bertz CT molecular complexity index is 418. The lowest BCUT2D eigenvalue weighted by molar-refractivity contribution is 0.0692. The maximum absolute atomic E-state index is 12.8. The number of hydrogen-bond donors (Lipinski definition) is 1. The Morgan fingerprint density at radius 1 is 1.43 bits per heavy atom. The van der Waals surface area contributed by atoms with E-state index < -0.39 is 28.9 Å². The summed E-state index contributed by atoms with van der Waals surface area (Å²) in [6, 6.07) is 0.986. The molecule has 0 aliphatic heterocycles. The van der Waals surface area contributed by atoms with E-state index in [1.165, 1.54) is 0 Å². The summed E-state index contributed by atoms with van der Waals surface area (Å²) < 4.78 is 25.5. The molecule has 1 N–H and O–H groups in total. The molecule has 7 heteroatoms. The molecule has 1 aromatic carbocycles. The van der Waals surface area contributed by atoms with Crippen LogP contribution < -0.4 is 0 Å². The third kappa shape index (κ3) is 1.78. The first-order valence-electron chi connectivity index (χ1n) is 3.33. The summed E-state index contributed by atoms with van der Waals surface area (Å²) in [4.78, 5) is 12.7. The lowest BCUT2D eigenvalue weighted by Crippen LogP contribution is -2.00. The van der Waals surface area contributed by atoms with Gasteiger partial charge >= 0.3 is 5.97 Å². The smallest absolute Gasteiger partial charge is 0.338 e. The third-order valence-electron chi connectivity index (χ3n) is 1.42. The summed E-state index contributed by atoms with van der Waals surface area (Å²) in [7, 11) is 0. The van der Waals surface area contributed by atoms with E-state index in [1.807, 2.05) is 0 Å². The number of carboxylic acid groups (broad SMARTS) is 1. The Morgan fingerprint density at radius 2 is 2.07 bits per heavy atom. The van der Waals surface area contributed by atoms with Crippen molar-refractivity contribution in [1.29, 1.82) is 0 Å². The van der Waals surface area contributed by atoms with E-state index in [4.69, 9.17) is 10.6 Å². The SMILES string of the molecule is [N-]=[N+]=Nc1cc(C(=O)O)c(F)cc1F. The van der Waals surface area contributed by atoms with Crippen LogP contribution in [0.2, 0.25) is 0 Å². The molecule has 0 fully saturated rings. The van der Waals surface area contributed by atoms with Crippen molar-refractivity contribution in [2.24, 2.45) is 5.11 Å². The van der Waals surface area contributed by atoms with Gasteiger partial charge in [-0.2, -0.15) is 0 Å². The zero-order valence-electron chi connectivity index (χ0n) is 6.61. The number of aromatic carboxylic acids is 1. The van der Waals surface area contributed by atoms with Crippen molar-refractivity contribution in [2.75, 3.05) is 0 Å². The molecule has 0 unspecified atom stereocenters. The quantitative estimate of drug-likeness (QED) is 0.450. The van der Waals surface area contributed by atoms with Crippen LogP contribution in [0.4, 0.5) is 14.5 Å². The number of benzene rings is 1. The van der Waals surface area contributed by atoms with Crippen molar-refractivity contribution in [2.45, 2.75) is 0 Å². The lowest BCUT2D eigenvalue weighted by atomic mass is 10.2. The topological polar surface area (TPSA) is 86.1 Å². The fourth-order valence-electron chi connectivity index (χ4n) is 0.826. The highest BCUT2D eigenvalue weighted by molar-refractivity contribution is 5.89. The number of rotatable bonds is 2. The molecule has 0 radical (unpaired) electrons. The van der Waals surface area contributed by atoms with Gasteiger partial charge in [-0.15, -0.1) is 0 Å². The predicted octanol–water partition coefficient (Wildman–Crippen LogP) is 2.60. The van der Waals surface area contributed by atoms with E-state index in [-0.39, 0.29) is 0 Å². The average molecular weight is 199 g/mol. The van der Waals surface area contributed by atoms with Gasteiger partial charge < -0.3 is 5.11 Å². The lowest BCUT2D eigenvalue weighted by Gasteiger charge is -1.99. The molecule has 72 valence electrons. The van der Waals surface area contributed by atoms with E-state index in [1.54, 1.807) is 0 Å². The minimum atomic E-state index is -1.56. The minimum absolute atomic E-state index is 0.355. The van der Waals surface area contributed by atoms with E-state index in [0.29, 0.717) is 12.1 Å². The first-order chi connectivity index (χ1) is 6.56. The number of azide groups is 1. The van der Waals surface area contributed by atoms with E-state index in [0.717, 1.165) is 0 Å². The van der Waals surface area contributed by atoms with Crippen LogP contribution in [-0.2, 0) is 0 Å². The highest BCUT2D eigenvalue weighted by Gasteiger charge is 2.14. The maximum Gasteiger partial charge on any atom is 0.338 e. The van der Waals surface area contributed by atoms with Crippen LogP contribution in [0.5, 0.6) is 0 Å². The molecule has 0 heterocycles. The standard InChI is InChI=1S/C7H3F2N3O2/c8-4-2-5(9)6(11-12-10)1-3(4)7(13)14/h1-2H,(H,13,14). The molecule has 1 aromatic rings. The third-order valence-corrected chi connectivity index (χ3v) is 1.42. The molecule has 0 aliphatic carbocycles. The van der Waals surface area contributed by atoms with E-state index in [9.17, 15) is 13.6 Å². The Labute approximate surface area is 76.2 Å². The van der Waals surface area contributed by atoms with Crippen molar-refractivity contribution in [1.82, 2.24) is 0 Å². The van der Waals surface area contributed by atoms with Crippen LogP contribution in [-0.4, -0.2) is 11.1 Å². The van der Waals surface area contributed by atoms with E-state index >= 15 is 0 Å². The highest BCUT2D eigenvalue weighted by atomic mass is 19.1. The summed E-state index contributed by atoms with van der Waals surface area (Å²) in [5, 5.41) is 11.3. The van der Waals surface area contributed by atoms with Gasteiger partial charge in [-0.1, -0.05) is 5.11 Å². The van der Waals surface area contributed by atoms with Crippen molar-refractivity contribution >= 4 is 11.7 Å².